The van der Waals surface area contributed by atoms with Crippen LogP contribution >= 0.6 is 11.6 Å². The number of amides is 1. The average molecular weight is 410 g/mol. The van der Waals surface area contributed by atoms with E-state index in [9.17, 15) is 18.0 Å². The number of carbonyl (C=O) groups is 2. The Morgan fingerprint density at radius 2 is 1.67 bits per heavy atom. The van der Waals surface area contributed by atoms with Crippen LogP contribution in [0.2, 0.25) is 5.02 Å². The molecule has 0 saturated carbocycles. The van der Waals surface area contributed by atoms with Crippen LogP contribution in [-0.2, 0) is 19.4 Å². The minimum absolute atomic E-state index is 0.0398. The molecule has 1 N–H and O–H groups in total. The maximum Gasteiger partial charge on any atom is 0.340 e. The van der Waals surface area contributed by atoms with Gasteiger partial charge < -0.3 is 10.1 Å². The second kappa shape index (κ2) is 8.10. The lowest BCUT2D eigenvalue weighted by atomic mass is 10.1. The molecule has 0 aliphatic heterocycles. The fourth-order valence-corrected chi connectivity index (χ4v) is 3.49. The first-order valence-electron chi connectivity index (χ1n) is 8.03. The van der Waals surface area contributed by atoms with Gasteiger partial charge in [0.25, 0.3) is 5.91 Å². The molecule has 0 radical (unpaired) electrons. The molecule has 27 heavy (non-hydrogen) atoms. The summed E-state index contributed by atoms with van der Waals surface area (Å²) >= 11 is 5.95. The van der Waals surface area contributed by atoms with E-state index in [-0.39, 0.29) is 15.5 Å². The van der Waals surface area contributed by atoms with Crippen molar-refractivity contribution in [1.29, 1.82) is 0 Å². The molecule has 0 spiro atoms. The number of nitrogens with one attached hydrogen (secondary N) is 1. The van der Waals surface area contributed by atoms with Crippen molar-refractivity contribution < 1.29 is 22.7 Å². The zero-order chi connectivity index (χ0) is 20.4. The number of hydrogen-bond acceptors (Lipinski definition) is 5. The normalized spacial score (nSPS) is 11.1. The molecule has 1 amide bonds. The molecule has 0 heterocycles. The smallest absolute Gasteiger partial charge is 0.340 e. The van der Waals surface area contributed by atoms with E-state index in [1.165, 1.54) is 12.1 Å². The molecule has 2 aromatic rings. The lowest BCUT2D eigenvalue weighted by molar-refractivity contribution is -0.119. The lowest BCUT2D eigenvalue weighted by Crippen LogP contribution is -2.22. The predicted octanol–water partition coefficient (Wildman–Crippen LogP) is 3.46. The molecule has 0 bridgehead atoms. The fraction of sp³-hybridized carbons (Fsp3) is 0.263. The molecule has 0 fully saturated rings. The molecule has 0 aromatic heterocycles. The highest BCUT2D eigenvalue weighted by Gasteiger charge is 2.18. The molecular weight excluding hydrogens is 390 g/mol. The zero-order valence-corrected chi connectivity index (χ0v) is 17.0. The van der Waals surface area contributed by atoms with E-state index >= 15 is 0 Å². The van der Waals surface area contributed by atoms with Crippen LogP contribution in [0.25, 0.3) is 0 Å². The van der Waals surface area contributed by atoms with E-state index < -0.39 is 28.3 Å². The van der Waals surface area contributed by atoms with Crippen LogP contribution in [0.3, 0.4) is 0 Å². The van der Waals surface area contributed by atoms with E-state index in [2.05, 4.69) is 5.32 Å². The Kier molecular flexibility index (Phi) is 6.28. The topological polar surface area (TPSA) is 89.5 Å². The van der Waals surface area contributed by atoms with E-state index in [0.717, 1.165) is 29.0 Å². The number of benzene rings is 2. The summed E-state index contributed by atoms with van der Waals surface area (Å²) in [6.07, 6.45) is 1.02. The van der Waals surface area contributed by atoms with Crippen LogP contribution in [0.5, 0.6) is 0 Å². The van der Waals surface area contributed by atoms with Crippen LogP contribution in [0, 0.1) is 20.8 Å². The van der Waals surface area contributed by atoms with Gasteiger partial charge in [0.2, 0.25) is 0 Å². The van der Waals surface area contributed by atoms with Crippen molar-refractivity contribution in [2.24, 2.45) is 0 Å². The van der Waals surface area contributed by atoms with Crippen LogP contribution < -0.4 is 5.32 Å². The van der Waals surface area contributed by atoms with Gasteiger partial charge in [0, 0.05) is 11.9 Å². The largest absolute Gasteiger partial charge is 0.452 e. The molecule has 8 heteroatoms. The zero-order valence-electron chi connectivity index (χ0n) is 15.4. The Labute approximate surface area is 163 Å². The minimum Gasteiger partial charge on any atom is -0.452 e. The van der Waals surface area contributed by atoms with Crippen LogP contribution in [-0.4, -0.2) is 33.2 Å². The van der Waals surface area contributed by atoms with Crippen molar-refractivity contribution in [3.8, 4) is 0 Å². The summed E-state index contributed by atoms with van der Waals surface area (Å²) in [4.78, 5) is 24.3. The third kappa shape index (κ3) is 5.30. The van der Waals surface area contributed by atoms with Gasteiger partial charge in [-0.05, 0) is 50.1 Å². The summed E-state index contributed by atoms with van der Waals surface area (Å²) in [6.45, 7) is 5.18. The molecule has 2 aromatic carbocycles. The molecule has 6 nitrogen and oxygen atoms in total. The molecule has 0 aliphatic rings. The quantitative estimate of drug-likeness (QED) is 0.764. The first-order valence-corrected chi connectivity index (χ1v) is 10.3. The van der Waals surface area contributed by atoms with E-state index in [1.54, 1.807) is 0 Å². The maximum absolute atomic E-state index is 12.2. The highest BCUT2D eigenvalue weighted by Crippen LogP contribution is 2.23. The van der Waals surface area contributed by atoms with Crippen molar-refractivity contribution in [2.45, 2.75) is 25.7 Å². The number of rotatable bonds is 5. The Balaban J connectivity index is 2.09. The number of aryl methyl sites for hydroxylation is 3. The van der Waals surface area contributed by atoms with Crippen LogP contribution in [0.15, 0.2) is 35.2 Å². The van der Waals surface area contributed by atoms with Gasteiger partial charge in [0.05, 0.1) is 15.5 Å². The number of anilines is 1. The summed E-state index contributed by atoms with van der Waals surface area (Å²) in [5.74, 6) is -1.38. The Morgan fingerprint density at radius 1 is 1.07 bits per heavy atom. The SMILES string of the molecule is Cc1cc(C)c(NC(=O)COC(=O)c2cc(S(C)(=O)=O)ccc2Cl)c(C)c1. The summed E-state index contributed by atoms with van der Waals surface area (Å²) in [5, 5.41) is 2.76. The van der Waals surface area contributed by atoms with Gasteiger partial charge in [-0.25, -0.2) is 13.2 Å². The molecule has 0 unspecified atom stereocenters. The standard InChI is InChI=1S/C19H20ClNO5S/c1-11-7-12(2)18(13(3)8-11)21-17(22)10-26-19(23)15-9-14(27(4,24)25)5-6-16(15)20/h5-9H,10H2,1-4H3,(H,21,22). The number of esters is 1. The van der Waals surface area contributed by atoms with Crippen molar-refractivity contribution in [3.63, 3.8) is 0 Å². The summed E-state index contributed by atoms with van der Waals surface area (Å²) in [7, 11) is -3.51. The maximum atomic E-state index is 12.2. The van der Waals surface area contributed by atoms with Gasteiger partial charge >= 0.3 is 5.97 Å². The van der Waals surface area contributed by atoms with Crippen LogP contribution in [0.4, 0.5) is 5.69 Å². The molecule has 2 rings (SSSR count). The first kappa shape index (κ1) is 20.9. The summed E-state index contributed by atoms with van der Waals surface area (Å²) < 4.78 is 28.2. The first-order chi connectivity index (χ1) is 12.5. The fourth-order valence-electron chi connectivity index (χ4n) is 2.65. The van der Waals surface area contributed by atoms with Gasteiger partial charge in [0.1, 0.15) is 0 Å². The monoisotopic (exact) mass is 409 g/mol. The highest BCUT2D eigenvalue weighted by molar-refractivity contribution is 7.90. The molecular formula is C19H20ClNO5S. The van der Waals surface area contributed by atoms with Gasteiger partial charge in [-0.1, -0.05) is 29.3 Å². The van der Waals surface area contributed by atoms with Gasteiger partial charge in [0.15, 0.2) is 16.4 Å². The predicted molar refractivity (Wildman–Crippen MR) is 104 cm³/mol. The molecule has 0 atom stereocenters. The number of halogens is 1. The van der Waals surface area contributed by atoms with Gasteiger partial charge in [-0.15, -0.1) is 0 Å². The third-order valence-electron chi connectivity index (χ3n) is 3.86. The lowest BCUT2D eigenvalue weighted by Gasteiger charge is -2.13. The second-order valence-electron chi connectivity index (χ2n) is 6.31. The highest BCUT2D eigenvalue weighted by atomic mass is 35.5. The van der Waals surface area contributed by atoms with E-state index in [1.807, 2.05) is 32.9 Å². The molecule has 0 saturated heterocycles. The van der Waals surface area contributed by atoms with Crippen molar-refractivity contribution in [1.82, 2.24) is 0 Å². The van der Waals surface area contributed by atoms with Crippen molar-refractivity contribution in [2.75, 3.05) is 18.2 Å². The average Bonchev–Trinajstić information content (AvgIpc) is 2.55. The number of ether oxygens (including phenoxy) is 1. The molecule has 0 aliphatic carbocycles. The Hall–Kier alpha value is -2.38. The number of sulfone groups is 1. The van der Waals surface area contributed by atoms with Crippen LogP contribution in [0.1, 0.15) is 27.0 Å². The summed E-state index contributed by atoms with van der Waals surface area (Å²) in [5.41, 5.74) is 3.43. The minimum atomic E-state index is -3.51. The second-order valence-corrected chi connectivity index (χ2v) is 8.73. The van der Waals surface area contributed by atoms with Crippen molar-refractivity contribution >= 4 is 39.0 Å². The Morgan fingerprint density at radius 3 is 2.22 bits per heavy atom. The van der Waals surface area contributed by atoms with Gasteiger partial charge in [-0.2, -0.15) is 0 Å². The van der Waals surface area contributed by atoms with E-state index in [0.29, 0.717) is 5.69 Å². The number of hydrogen-bond donors (Lipinski definition) is 1. The third-order valence-corrected chi connectivity index (χ3v) is 5.30. The van der Waals surface area contributed by atoms with E-state index in [4.69, 9.17) is 16.3 Å². The summed E-state index contributed by atoms with van der Waals surface area (Å²) in [6, 6.07) is 7.60. The Bertz CT molecular complexity index is 992. The number of carbonyl (C=O) groups excluding carboxylic acids is 2. The van der Waals surface area contributed by atoms with Gasteiger partial charge in [-0.3, -0.25) is 4.79 Å². The molecule has 144 valence electrons. The van der Waals surface area contributed by atoms with Crippen molar-refractivity contribution in [3.05, 3.63) is 57.6 Å².